The van der Waals surface area contributed by atoms with Gasteiger partial charge < -0.3 is 14.8 Å². The van der Waals surface area contributed by atoms with Gasteiger partial charge in [0.1, 0.15) is 5.75 Å². The van der Waals surface area contributed by atoms with Gasteiger partial charge in [-0.15, -0.1) is 0 Å². The van der Waals surface area contributed by atoms with E-state index in [1.54, 1.807) is 0 Å². The molecule has 0 spiro atoms. The maximum Gasteiger partial charge on any atom is 0.120 e. The third-order valence-electron chi connectivity index (χ3n) is 3.36. The molecular formula is C17H27NO2. The van der Waals surface area contributed by atoms with Crippen LogP contribution in [0.15, 0.2) is 24.3 Å². The maximum atomic E-state index is 5.88. The molecule has 3 heteroatoms. The lowest BCUT2D eigenvalue weighted by Gasteiger charge is -2.20. The molecule has 0 aliphatic heterocycles. The quantitative estimate of drug-likeness (QED) is 0.662. The zero-order valence-corrected chi connectivity index (χ0v) is 12.7. The summed E-state index contributed by atoms with van der Waals surface area (Å²) >= 11 is 0. The van der Waals surface area contributed by atoms with Crippen LogP contribution in [0.2, 0.25) is 0 Å². The smallest absolute Gasteiger partial charge is 0.120 e. The van der Waals surface area contributed by atoms with Gasteiger partial charge in [0.2, 0.25) is 0 Å². The predicted octanol–water partition coefficient (Wildman–Crippen LogP) is 3.70. The third-order valence-corrected chi connectivity index (χ3v) is 3.36. The van der Waals surface area contributed by atoms with E-state index in [1.165, 1.54) is 18.4 Å². The average molecular weight is 277 g/mol. The van der Waals surface area contributed by atoms with Crippen molar-refractivity contribution in [3.8, 4) is 5.75 Å². The van der Waals surface area contributed by atoms with Crippen molar-refractivity contribution in [3.05, 3.63) is 29.8 Å². The van der Waals surface area contributed by atoms with Crippen LogP contribution in [0.5, 0.6) is 5.75 Å². The molecular weight excluding hydrogens is 250 g/mol. The van der Waals surface area contributed by atoms with Crippen molar-refractivity contribution in [1.29, 1.82) is 0 Å². The number of nitrogens with one attached hydrogen (secondary N) is 1. The number of hydrogen-bond donors (Lipinski definition) is 1. The fourth-order valence-corrected chi connectivity index (χ4v) is 2.12. The van der Waals surface area contributed by atoms with Gasteiger partial charge in [-0.1, -0.05) is 26.0 Å². The molecule has 1 unspecified atom stereocenters. The first kappa shape index (κ1) is 15.3. The van der Waals surface area contributed by atoms with Crippen LogP contribution in [-0.4, -0.2) is 25.9 Å². The van der Waals surface area contributed by atoms with E-state index in [9.17, 15) is 0 Å². The summed E-state index contributed by atoms with van der Waals surface area (Å²) in [6, 6.07) is 8.69. The van der Waals surface area contributed by atoms with Crippen LogP contribution in [-0.2, 0) is 4.74 Å². The molecule has 0 heterocycles. The van der Waals surface area contributed by atoms with Crippen LogP contribution in [0, 0.1) is 0 Å². The van der Waals surface area contributed by atoms with Crippen LogP contribution >= 0.6 is 0 Å². The van der Waals surface area contributed by atoms with E-state index in [0.29, 0.717) is 6.10 Å². The van der Waals surface area contributed by atoms with Crippen molar-refractivity contribution in [3.63, 3.8) is 0 Å². The molecule has 3 nitrogen and oxygen atoms in total. The fraction of sp³-hybridized carbons (Fsp3) is 0.647. The molecule has 1 N–H and O–H groups in total. The molecule has 1 aliphatic rings. The minimum Gasteiger partial charge on any atom is -0.490 e. The highest BCUT2D eigenvalue weighted by molar-refractivity contribution is 5.31. The van der Waals surface area contributed by atoms with E-state index in [0.717, 1.165) is 38.3 Å². The molecule has 1 atom stereocenters. The van der Waals surface area contributed by atoms with Crippen molar-refractivity contribution in [2.75, 3.05) is 19.8 Å². The van der Waals surface area contributed by atoms with E-state index in [2.05, 4.69) is 37.4 Å². The largest absolute Gasteiger partial charge is 0.490 e. The molecule has 1 aromatic rings. The van der Waals surface area contributed by atoms with Crippen LogP contribution in [0.3, 0.4) is 0 Å². The Bertz CT molecular complexity index is 390. The molecule has 20 heavy (non-hydrogen) atoms. The van der Waals surface area contributed by atoms with Crippen molar-refractivity contribution in [2.24, 2.45) is 0 Å². The van der Waals surface area contributed by atoms with Crippen LogP contribution in [0.1, 0.15) is 51.1 Å². The van der Waals surface area contributed by atoms with Gasteiger partial charge in [-0.05, 0) is 49.9 Å². The molecule has 112 valence electrons. The Hall–Kier alpha value is -1.06. The molecule has 0 aromatic heterocycles. The molecule has 1 aliphatic carbocycles. The second-order valence-electron chi connectivity index (χ2n) is 5.47. The van der Waals surface area contributed by atoms with E-state index in [1.807, 2.05) is 6.07 Å². The molecule has 2 rings (SSSR count). The molecule has 0 bridgehead atoms. The van der Waals surface area contributed by atoms with Crippen molar-refractivity contribution < 1.29 is 9.47 Å². The van der Waals surface area contributed by atoms with E-state index in [4.69, 9.17) is 9.47 Å². The Balaban J connectivity index is 1.97. The second-order valence-corrected chi connectivity index (χ2v) is 5.47. The summed E-state index contributed by atoms with van der Waals surface area (Å²) < 4.78 is 11.6. The van der Waals surface area contributed by atoms with Crippen molar-refractivity contribution >= 4 is 0 Å². The maximum absolute atomic E-state index is 5.88. The van der Waals surface area contributed by atoms with Crippen molar-refractivity contribution in [2.45, 2.75) is 51.7 Å². The Labute approximate surface area is 122 Å². The van der Waals surface area contributed by atoms with E-state index < -0.39 is 0 Å². The minimum absolute atomic E-state index is 0.254. The monoisotopic (exact) mass is 277 g/mol. The summed E-state index contributed by atoms with van der Waals surface area (Å²) in [7, 11) is 0. The first-order chi connectivity index (χ1) is 9.83. The Kier molecular flexibility index (Phi) is 6.34. The SMILES string of the molecule is CCCNC(COCCC)c1cccc(OC2CC2)c1. The van der Waals surface area contributed by atoms with Gasteiger partial charge in [0.25, 0.3) is 0 Å². The lowest BCUT2D eigenvalue weighted by molar-refractivity contribution is 0.112. The van der Waals surface area contributed by atoms with Crippen LogP contribution in [0.4, 0.5) is 0 Å². The Morgan fingerprint density at radius 2 is 2.10 bits per heavy atom. The zero-order valence-electron chi connectivity index (χ0n) is 12.7. The standard InChI is InChI=1S/C17H27NO2/c1-3-10-18-17(13-19-11-4-2)14-6-5-7-16(12-14)20-15-8-9-15/h5-7,12,15,17-18H,3-4,8-11,13H2,1-2H3. The third kappa shape index (κ3) is 5.14. The summed E-state index contributed by atoms with van der Waals surface area (Å²) in [6.45, 7) is 6.87. The van der Waals surface area contributed by atoms with E-state index >= 15 is 0 Å². The van der Waals surface area contributed by atoms with Gasteiger partial charge >= 0.3 is 0 Å². The number of ether oxygens (including phenoxy) is 2. The summed E-state index contributed by atoms with van der Waals surface area (Å²) in [5.41, 5.74) is 1.26. The molecule has 0 radical (unpaired) electrons. The topological polar surface area (TPSA) is 30.5 Å². The number of benzene rings is 1. The zero-order chi connectivity index (χ0) is 14.2. The average Bonchev–Trinajstić information content (AvgIpc) is 3.27. The minimum atomic E-state index is 0.254. The van der Waals surface area contributed by atoms with Crippen molar-refractivity contribution in [1.82, 2.24) is 5.32 Å². The van der Waals surface area contributed by atoms with Crippen LogP contribution < -0.4 is 10.1 Å². The highest BCUT2D eigenvalue weighted by Crippen LogP contribution is 2.28. The van der Waals surface area contributed by atoms with Gasteiger partial charge in [0.05, 0.1) is 18.8 Å². The number of rotatable bonds is 10. The summed E-state index contributed by atoms with van der Waals surface area (Å²) in [5, 5.41) is 3.56. The molecule has 1 saturated carbocycles. The summed E-state index contributed by atoms with van der Waals surface area (Å²) in [6.07, 6.45) is 5.03. The number of hydrogen-bond acceptors (Lipinski definition) is 3. The van der Waals surface area contributed by atoms with Crippen LogP contribution in [0.25, 0.3) is 0 Å². The molecule has 1 aromatic carbocycles. The van der Waals surface area contributed by atoms with Gasteiger partial charge in [0.15, 0.2) is 0 Å². The van der Waals surface area contributed by atoms with Gasteiger partial charge in [-0.3, -0.25) is 0 Å². The lowest BCUT2D eigenvalue weighted by atomic mass is 10.1. The molecule has 0 saturated heterocycles. The second kappa shape index (κ2) is 8.28. The fourth-order valence-electron chi connectivity index (χ4n) is 2.12. The van der Waals surface area contributed by atoms with E-state index in [-0.39, 0.29) is 6.04 Å². The first-order valence-corrected chi connectivity index (χ1v) is 7.91. The van der Waals surface area contributed by atoms with Gasteiger partial charge in [-0.2, -0.15) is 0 Å². The highest BCUT2D eigenvalue weighted by atomic mass is 16.5. The predicted molar refractivity (Wildman–Crippen MR) is 82.2 cm³/mol. The Morgan fingerprint density at radius 3 is 2.80 bits per heavy atom. The molecule has 0 amide bonds. The lowest BCUT2D eigenvalue weighted by Crippen LogP contribution is -2.26. The van der Waals surface area contributed by atoms with Gasteiger partial charge in [-0.25, -0.2) is 0 Å². The first-order valence-electron chi connectivity index (χ1n) is 7.91. The molecule has 1 fully saturated rings. The summed E-state index contributed by atoms with van der Waals surface area (Å²) in [4.78, 5) is 0. The highest BCUT2D eigenvalue weighted by Gasteiger charge is 2.23. The van der Waals surface area contributed by atoms with Gasteiger partial charge in [0, 0.05) is 6.61 Å². The Morgan fingerprint density at radius 1 is 1.25 bits per heavy atom. The summed E-state index contributed by atoms with van der Waals surface area (Å²) in [5.74, 6) is 0.990. The normalized spacial score (nSPS) is 16.1.